The Bertz CT molecular complexity index is 440. The highest BCUT2D eigenvalue weighted by Gasteiger charge is 2.21. The first-order valence-corrected chi connectivity index (χ1v) is 9.13. The number of β-amino-alcohol motifs (C(OH)–C–C–N with tert-alkyl or cyclic N) is 1. The number of anilines is 1. The van der Waals surface area contributed by atoms with Gasteiger partial charge in [0.05, 0.1) is 18.8 Å². The number of ether oxygens (including phenoxy) is 1. The Kier molecular flexibility index (Phi) is 6.31. The third kappa shape index (κ3) is 5.20. The lowest BCUT2D eigenvalue weighted by Crippen LogP contribution is -2.49. The molecule has 2 aliphatic rings. The van der Waals surface area contributed by atoms with Crippen LogP contribution in [0.25, 0.3) is 0 Å². The molecule has 1 saturated heterocycles. The Morgan fingerprint density at radius 2 is 1.70 bits per heavy atom. The zero-order valence-electron chi connectivity index (χ0n) is 14.1. The van der Waals surface area contributed by atoms with Crippen molar-refractivity contribution in [1.82, 2.24) is 4.90 Å². The van der Waals surface area contributed by atoms with Gasteiger partial charge in [-0.15, -0.1) is 0 Å². The van der Waals surface area contributed by atoms with Crippen molar-refractivity contribution in [3.63, 3.8) is 0 Å². The minimum atomic E-state index is -0.361. The summed E-state index contributed by atoms with van der Waals surface area (Å²) in [6.07, 6.45) is 6.26. The van der Waals surface area contributed by atoms with E-state index in [2.05, 4.69) is 40.1 Å². The molecule has 0 aromatic heterocycles. The largest absolute Gasteiger partial charge is 0.389 e. The first-order valence-electron chi connectivity index (χ1n) is 9.13. The molecular weight excluding hydrogens is 288 g/mol. The van der Waals surface area contributed by atoms with E-state index in [1.165, 1.54) is 37.8 Å². The van der Waals surface area contributed by atoms with E-state index in [9.17, 15) is 5.11 Å². The molecule has 0 radical (unpaired) electrons. The van der Waals surface area contributed by atoms with Gasteiger partial charge in [0.25, 0.3) is 0 Å². The Morgan fingerprint density at radius 3 is 2.39 bits per heavy atom. The van der Waals surface area contributed by atoms with Crippen LogP contribution in [0.4, 0.5) is 5.69 Å². The van der Waals surface area contributed by atoms with Crippen molar-refractivity contribution in [2.24, 2.45) is 0 Å². The second-order valence-corrected chi connectivity index (χ2v) is 6.87. The van der Waals surface area contributed by atoms with Gasteiger partial charge in [0, 0.05) is 38.4 Å². The number of nitrogens with zero attached hydrogens (tertiary/aromatic N) is 2. The molecule has 1 saturated carbocycles. The van der Waals surface area contributed by atoms with Gasteiger partial charge in [-0.25, -0.2) is 0 Å². The van der Waals surface area contributed by atoms with Gasteiger partial charge in [0.15, 0.2) is 0 Å². The van der Waals surface area contributed by atoms with Gasteiger partial charge in [0.1, 0.15) is 0 Å². The van der Waals surface area contributed by atoms with Gasteiger partial charge in [0.2, 0.25) is 0 Å². The third-order valence-electron chi connectivity index (χ3n) is 5.04. The number of benzene rings is 1. The molecule has 4 heteroatoms. The predicted molar refractivity (Wildman–Crippen MR) is 93.9 cm³/mol. The molecule has 128 valence electrons. The standard InChI is InChI=1S/C19H30N2O2/c22-18(16-23-19-9-5-2-6-10-19)15-20-11-13-21(14-12-20)17-7-3-1-4-8-17/h1,3-4,7-8,18-19,22H,2,5-6,9-16H2/t18-/m0/s1. The predicted octanol–water partition coefficient (Wildman–Crippen LogP) is 2.52. The lowest BCUT2D eigenvalue weighted by atomic mass is 9.98. The fraction of sp³-hybridized carbons (Fsp3) is 0.684. The molecule has 3 rings (SSSR count). The second kappa shape index (κ2) is 8.67. The lowest BCUT2D eigenvalue weighted by molar-refractivity contribution is -0.0336. The zero-order valence-corrected chi connectivity index (χ0v) is 14.1. The summed E-state index contributed by atoms with van der Waals surface area (Å²) >= 11 is 0. The minimum Gasteiger partial charge on any atom is -0.389 e. The van der Waals surface area contributed by atoms with E-state index < -0.39 is 0 Å². The first-order chi connectivity index (χ1) is 11.3. The third-order valence-corrected chi connectivity index (χ3v) is 5.04. The van der Waals surface area contributed by atoms with Crippen LogP contribution < -0.4 is 4.90 Å². The van der Waals surface area contributed by atoms with Crippen molar-refractivity contribution >= 4 is 5.69 Å². The van der Waals surface area contributed by atoms with Crippen LogP contribution in [0.5, 0.6) is 0 Å². The van der Waals surface area contributed by atoms with E-state index in [1.54, 1.807) is 0 Å². The van der Waals surface area contributed by atoms with Crippen LogP contribution in [0, 0.1) is 0 Å². The topological polar surface area (TPSA) is 35.9 Å². The van der Waals surface area contributed by atoms with E-state index in [0.717, 1.165) is 32.7 Å². The fourth-order valence-electron chi connectivity index (χ4n) is 3.66. The molecule has 1 N–H and O–H groups in total. The van der Waals surface area contributed by atoms with Crippen LogP contribution in [0.3, 0.4) is 0 Å². The van der Waals surface area contributed by atoms with Gasteiger partial charge >= 0.3 is 0 Å². The van der Waals surface area contributed by atoms with E-state index in [1.807, 2.05) is 0 Å². The van der Waals surface area contributed by atoms with Crippen LogP contribution in [0.2, 0.25) is 0 Å². The molecule has 2 fully saturated rings. The fourth-order valence-corrected chi connectivity index (χ4v) is 3.66. The molecular formula is C19H30N2O2. The summed E-state index contributed by atoms with van der Waals surface area (Å²) in [6.45, 7) is 5.30. The summed E-state index contributed by atoms with van der Waals surface area (Å²) in [7, 11) is 0. The number of hydrogen-bond acceptors (Lipinski definition) is 4. The summed E-state index contributed by atoms with van der Waals surface area (Å²) in [6, 6.07) is 10.6. The van der Waals surface area contributed by atoms with Crippen LogP contribution in [0.1, 0.15) is 32.1 Å². The normalized spacial score (nSPS) is 22.2. The highest BCUT2D eigenvalue weighted by Crippen LogP contribution is 2.20. The first kappa shape index (κ1) is 16.7. The lowest BCUT2D eigenvalue weighted by Gasteiger charge is -2.37. The van der Waals surface area contributed by atoms with Gasteiger partial charge in [-0.2, -0.15) is 0 Å². The molecule has 1 heterocycles. The van der Waals surface area contributed by atoms with E-state index in [-0.39, 0.29) is 6.10 Å². The van der Waals surface area contributed by atoms with Crippen molar-refractivity contribution in [1.29, 1.82) is 0 Å². The van der Waals surface area contributed by atoms with Gasteiger partial charge in [-0.1, -0.05) is 37.5 Å². The number of hydrogen-bond donors (Lipinski definition) is 1. The van der Waals surface area contributed by atoms with Crippen molar-refractivity contribution in [2.45, 2.75) is 44.3 Å². The molecule has 23 heavy (non-hydrogen) atoms. The minimum absolute atomic E-state index is 0.361. The number of piperazine rings is 1. The summed E-state index contributed by atoms with van der Waals surface area (Å²) < 4.78 is 5.89. The number of aliphatic hydroxyl groups excluding tert-OH is 1. The maximum atomic E-state index is 10.2. The van der Waals surface area contributed by atoms with Crippen molar-refractivity contribution in [2.75, 3.05) is 44.2 Å². The molecule has 0 spiro atoms. The number of rotatable bonds is 6. The maximum absolute atomic E-state index is 10.2. The van der Waals surface area contributed by atoms with Crippen molar-refractivity contribution < 1.29 is 9.84 Å². The number of para-hydroxylation sites is 1. The molecule has 1 aromatic rings. The van der Waals surface area contributed by atoms with Gasteiger partial charge in [-0.05, 0) is 25.0 Å². The molecule has 1 aliphatic heterocycles. The van der Waals surface area contributed by atoms with Crippen LogP contribution in [-0.2, 0) is 4.74 Å². The molecule has 0 bridgehead atoms. The van der Waals surface area contributed by atoms with Gasteiger partial charge in [-0.3, -0.25) is 4.90 Å². The Balaban J connectivity index is 1.35. The number of aliphatic hydroxyl groups is 1. The SMILES string of the molecule is O[C@H](COC1CCCCC1)CN1CCN(c2ccccc2)CC1. The maximum Gasteiger partial charge on any atom is 0.0900 e. The summed E-state index contributed by atoms with van der Waals surface area (Å²) in [5, 5.41) is 10.2. The van der Waals surface area contributed by atoms with Crippen LogP contribution in [0.15, 0.2) is 30.3 Å². The molecule has 0 amide bonds. The van der Waals surface area contributed by atoms with Gasteiger partial charge < -0.3 is 14.7 Å². The second-order valence-electron chi connectivity index (χ2n) is 6.87. The van der Waals surface area contributed by atoms with E-state index in [0.29, 0.717) is 12.7 Å². The summed E-state index contributed by atoms with van der Waals surface area (Å²) in [5.41, 5.74) is 1.30. The Morgan fingerprint density at radius 1 is 1.00 bits per heavy atom. The smallest absolute Gasteiger partial charge is 0.0900 e. The zero-order chi connectivity index (χ0) is 15.9. The van der Waals surface area contributed by atoms with Crippen molar-refractivity contribution in [3.05, 3.63) is 30.3 Å². The van der Waals surface area contributed by atoms with E-state index >= 15 is 0 Å². The monoisotopic (exact) mass is 318 g/mol. The Labute approximate surface area is 140 Å². The van der Waals surface area contributed by atoms with Crippen LogP contribution >= 0.6 is 0 Å². The quantitative estimate of drug-likeness (QED) is 0.874. The molecule has 1 aliphatic carbocycles. The van der Waals surface area contributed by atoms with E-state index in [4.69, 9.17) is 4.74 Å². The average Bonchev–Trinajstić information content (AvgIpc) is 2.62. The molecule has 0 unspecified atom stereocenters. The summed E-state index contributed by atoms with van der Waals surface area (Å²) in [5.74, 6) is 0. The van der Waals surface area contributed by atoms with Crippen molar-refractivity contribution in [3.8, 4) is 0 Å². The van der Waals surface area contributed by atoms with Crippen LogP contribution in [-0.4, -0.2) is 61.5 Å². The molecule has 4 nitrogen and oxygen atoms in total. The highest BCUT2D eigenvalue weighted by molar-refractivity contribution is 5.46. The summed E-state index contributed by atoms with van der Waals surface area (Å²) in [4.78, 5) is 4.77. The molecule has 1 aromatic carbocycles. The highest BCUT2D eigenvalue weighted by atomic mass is 16.5. The molecule has 1 atom stereocenters. The Hall–Kier alpha value is -1.10. The average molecular weight is 318 g/mol.